The van der Waals surface area contributed by atoms with Crippen LogP contribution >= 0.6 is 35.7 Å². The molecule has 0 aliphatic carbocycles. The van der Waals surface area contributed by atoms with Crippen molar-refractivity contribution >= 4 is 47.6 Å². The summed E-state index contributed by atoms with van der Waals surface area (Å²) in [6, 6.07) is 12.4. The van der Waals surface area contributed by atoms with E-state index in [4.69, 9.17) is 0 Å². The molecule has 30 heavy (non-hydrogen) atoms. The summed E-state index contributed by atoms with van der Waals surface area (Å²) in [5.74, 6) is 1.69. The van der Waals surface area contributed by atoms with Crippen molar-refractivity contribution in [3.63, 3.8) is 0 Å². The maximum atomic E-state index is 4.34. The maximum absolute atomic E-state index is 4.34. The van der Waals surface area contributed by atoms with Crippen molar-refractivity contribution in [1.82, 2.24) is 25.5 Å². The van der Waals surface area contributed by atoms with E-state index in [0.717, 1.165) is 57.7 Å². The molecule has 7 nitrogen and oxygen atoms in total. The van der Waals surface area contributed by atoms with Gasteiger partial charge in [-0.2, -0.15) is 0 Å². The Balaban J connectivity index is 0.00000320. The van der Waals surface area contributed by atoms with Gasteiger partial charge in [-0.05, 0) is 18.2 Å². The SMILES string of the molecule is CN=C(NCCN1CCN(c2ncccn2)CC1)NCC(C)Sc1ccccc1.I. The number of hydrogen-bond donors (Lipinski definition) is 2. The van der Waals surface area contributed by atoms with Crippen LogP contribution in [0.15, 0.2) is 58.7 Å². The second-order valence-electron chi connectivity index (χ2n) is 7.00. The number of piperazine rings is 1. The van der Waals surface area contributed by atoms with E-state index in [1.54, 1.807) is 12.4 Å². The minimum absolute atomic E-state index is 0. The zero-order chi connectivity index (χ0) is 20.3. The summed E-state index contributed by atoms with van der Waals surface area (Å²) < 4.78 is 0. The van der Waals surface area contributed by atoms with Crippen molar-refractivity contribution in [3.05, 3.63) is 48.8 Å². The topological polar surface area (TPSA) is 68.7 Å². The zero-order valence-electron chi connectivity index (χ0n) is 17.7. The highest BCUT2D eigenvalue weighted by molar-refractivity contribution is 14.0. The third-order valence-electron chi connectivity index (χ3n) is 4.79. The first-order valence-electron chi connectivity index (χ1n) is 10.1. The monoisotopic (exact) mass is 541 g/mol. The van der Waals surface area contributed by atoms with Crippen LogP contribution < -0.4 is 15.5 Å². The average molecular weight is 542 g/mol. The van der Waals surface area contributed by atoms with Gasteiger partial charge in [-0.3, -0.25) is 9.89 Å². The molecule has 1 aliphatic heterocycles. The quantitative estimate of drug-likeness (QED) is 0.231. The molecule has 1 atom stereocenters. The van der Waals surface area contributed by atoms with Crippen molar-refractivity contribution < 1.29 is 0 Å². The highest BCUT2D eigenvalue weighted by atomic mass is 127. The molecule has 0 spiro atoms. The number of thioether (sulfide) groups is 1. The Morgan fingerprint density at radius 1 is 1.07 bits per heavy atom. The van der Waals surface area contributed by atoms with E-state index in [0.29, 0.717) is 5.25 Å². The van der Waals surface area contributed by atoms with Gasteiger partial charge in [-0.15, -0.1) is 35.7 Å². The summed E-state index contributed by atoms with van der Waals surface area (Å²) in [4.78, 5) is 19.0. The van der Waals surface area contributed by atoms with Gasteiger partial charge in [0.1, 0.15) is 0 Å². The number of nitrogens with zero attached hydrogens (tertiary/aromatic N) is 5. The van der Waals surface area contributed by atoms with Crippen LogP contribution in [0.3, 0.4) is 0 Å². The molecule has 1 unspecified atom stereocenters. The Labute approximate surface area is 201 Å². The van der Waals surface area contributed by atoms with Crippen molar-refractivity contribution in [2.45, 2.75) is 17.1 Å². The summed E-state index contributed by atoms with van der Waals surface area (Å²) in [6.07, 6.45) is 3.60. The molecule has 9 heteroatoms. The Morgan fingerprint density at radius 3 is 2.43 bits per heavy atom. The normalized spacial score (nSPS) is 15.9. The number of anilines is 1. The molecule has 2 heterocycles. The number of rotatable bonds is 8. The van der Waals surface area contributed by atoms with E-state index in [-0.39, 0.29) is 24.0 Å². The fraction of sp³-hybridized carbons (Fsp3) is 0.476. The fourth-order valence-corrected chi connectivity index (χ4v) is 4.14. The van der Waals surface area contributed by atoms with E-state index >= 15 is 0 Å². The van der Waals surface area contributed by atoms with Crippen molar-refractivity contribution in [1.29, 1.82) is 0 Å². The first kappa shape index (κ1) is 24.7. The van der Waals surface area contributed by atoms with Crippen molar-refractivity contribution in [3.8, 4) is 0 Å². The van der Waals surface area contributed by atoms with Crippen molar-refractivity contribution in [2.75, 3.05) is 57.8 Å². The van der Waals surface area contributed by atoms with Gasteiger partial charge in [0.25, 0.3) is 0 Å². The highest BCUT2D eigenvalue weighted by Crippen LogP contribution is 2.21. The molecule has 1 fully saturated rings. The second-order valence-corrected chi connectivity index (χ2v) is 8.51. The Bertz CT molecular complexity index is 740. The van der Waals surface area contributed by atoms with Crippen LogP contribution in [-0.2, 0) is 0 Å². The standard InChI is InChI=1S/C21H31N7S.HI/c1-18(29-19-7-4-3-5-8-19)17-26-20(22-2)23-11-12-27-13-15-28(16-14-27)21-24-9-6-10-25-21;/h3-10,18H,11-17H2,1-2H3,(H2,22,23,26);1H. The molecule has 1 aliphatic rings. The molecular weight excluding hydrogens is 509 g/mol. The Kier molecular flexibility index (Phi) is 11.2. The maximum Gasteiger partial charge on any atom is 0.225 e. The largest absolute Gasteiger partial charge is 0.355 e. The number of aliphatic imine (C=N–C) groups is 1. The van der Waals surface area contributed by atoms with Gasteiger partial charge >= 0.3 is 0 Å². The molecule has 0 radical (unpaired) electrons. The molecule has 2 N–H and O–H groups in total. The van der Waals surface area contributed by atoms with Crippen LogP contribution in [0.1, 0.15) is 6.92 Å². The van der Waals surface area contributed by atoms with Gasteiger partial charge < -0.3 is 15.5 Å². The lowest BCUT2D eigenvalue weighted by molar-refractivity contribution is 0.260. The first-order chi connectivity index (χ1) is 14.2. The van der Waals surface area contributed by atoms with E-state index in [2.05, 4.69) is 66.6 Å². The summed E-state index contributed by atoms with van der Waals surface area (Å²) in [5, 5.41) is 7.32. The molecule has 3 rings (SSSR count). The van der Waals surface area contributed by atoms with Crippen LogP contribution in [0, 0.1) is 0 Å². The molecule has 2 aromatic rings. The second kappa shape index (κ2) is 13.7. The molecule has 1 saturated heterocycles. The van der Waals surface area contributed by atoms with E-state index in [1.807, 2.05) is 30.9 Å². The Morgan fingerprint density at radius 2 is 1.77 bits per heavy atom. The number of halogens is 1. The van der Waals surface area contributed by atoms with Crippen LogP contribution in [0.25, 0.3) is 0 Å². The number of guanidine groups is 1. The summed E-state index contributed by atoms with van der Waals surface area (Å²) in [7, 11) is 1.82. The summed E-state index contributed by atoms with van der Waals surface area (Å²) >= 11 is 1.87. The zero-order valence-corrected chi connectivity index (χ0v) is 20.8. The van der Waals surface area contributed by atoms with Gasteiger partial charge in [0.05, 0.1) is 0 Å². The molecule has 1 aromatic carbocycles. The minimum Gasteiger partial charge on any atom is -0.355 e. The van der Waals surface area contributed by atoms with Gasteiger partial charge in [0.15, 0.2) is 5.96 Å². The fourth-order valence-electron chi connectivity index (χ4n) is 3.19. The van der Waals surface area contributed by atoms with Crippen LogP contribution in [0.5, 0.6) is 0 Å². The first-order valence-corrected chi connectivity index (χ1v) is 11.0. The Hall–Kier alpha value is -1.59. The third kappa shape index (κ3) is 8.27. The van der Waals surface area contributed by atoms with Crippen molar-refractivity contribution in [2.24, 2.45) is 4.99 Å². The molecule has 164 valence electrons. The molecule has 1 aromatic heterocycles. The summed E-state index contributed by atoms with van der Waals surface area (Å²) in [5.41, 5.74) is 0. The van der Waals surface area contributed by atoms with Crippen LogP contribution in [0.4, 0.5) is 5.95 Å². The molecule has 0 amide bonds. The lowest BCUT2D eigenvalue weighted by atomic mass is 10.3. The third-order valence-corrected chi connectivity index (χ3v) is 5.90. The van der Waals surface area contributed by atoms with Gasteiger partial charge in [0.2, 0.25) is 5.95 Å². The minimum atomic E-state index is 0. The summed E-state index contributed by atoms with van der Waals surface area (Å²) in [6.45, 7) is 8.95. The molecule has 0 bridgehead atoms. The predicted octanol–water partition coefficient (Wildman–Crippen LogP) is 2.56. The molecule has 0 saturated carbocycles. The lowest BCUT2D eigenvalue weighted by Crippen LogP contribution is -2.50. The van der Waals surface area contributed by atoms with Gasteiger partial charge in [-0.25, -0.2) is 9.97 Å². The lowest BCUT2D eigenvalue weighted by Gasteiger charge is -2.34. The van der Waals surface area contributed by atoms with Gasteiger partial charge in [0, 0.05) is 75.4 Å². The smallest absolute Gasteiger partial charge is 0.225 e. The van der Waals surface area contributed by atoms with E-state index in [9.17, 15) is 0 Å². The number of hydrogen-bond acceptors (Lipinski definition) is 6. The number of nitrogens with one attached hydrogen (secondary N) is 2. The van der Waals surface area contributed by atoms with Crippen LogP contribution in [-0.4, -0.2) is 78.9 Å². The van der Waals surface area contributed by atoms with Gasteiger partial charge in [-0.1, -0.05) is 25.1 Å². The van der Waals surface area contributed by atoms with E-state index < -0.39 is 0 Å². The van der Waals surface area contributed by atoms with Crippen LogP contribution in [0.2, 0.25) is 0 Å². The van der Waals surface area contributed by atoms with E-state index in [1.165, 1.54) is 4.90 Å². The average Bonchev–Trinajstić information content (AvgIpc) is 2.78. The predicted molar refractivity (Wildman–Crippen MR) is 137 cm³/mol. The number of aromatic nitrogens is 2. The highest BCUT2D eigenvalue weighted by Gasteiger charge is 2.18. The molecular formula is C21H32IN7S. The number of benzene rings is 1.